The van der Waals surface area contributed by atoms with Crippen LogP contribution in [-0.2, 0) is 0 Å². The molecule has 0 nitrogen and oxygen atoms in total. The lowest BCUT2D eigenvalue weighted by Gasteiger charge is -2.34. The van der Waals surface area contributed by atoms with Gasteiger partial charge in [-0.3, -0.25) is 0 Å². The molecule has 0 saturated carbocycles. The molecule has 0 heterocycles. The van der Waals surface area contributed by atoms with Gasteiger partial charge in [0.1, 0.15) is 0 Å². The highest BCUT2D eigenvalue weighted by atomic mass is 28.3. The third-order valence-corrected chi connectivity index (χ3v) is 12.6. The van der Waals surface area contributed by atoms with Crippen molar-refractivity contribution in [2.45, 2.75) is 19.8 Å². The number of rotatable bonds is 6. The summed E-state index contributed by atoms with van der Waals surface area (Å²) in [5.41, 5.74) is 3.95. The van der Waals surface area contributed by atoms with Crippen LogP contribution in [0.1, 0.15) is 25.3 Å². The molecular weight excluding hydrogens is 472 g/mol. The van der Waals surface area contributed by atoms with Crippen LogP contribution in [-0.4, -0.2) is 8.07 Å². The molecule has 6 aromatic carbocycles. The third kappa shape index (κ3) is 4.19. The van der Waals surface area contributed by atoms with Crippen molar-refractivity contribution in [1.82, 2.24) is 0 Å². The topological polar surface area (TPSA) is 0 Å². The van der Waals surface area contributed by atoms with E-state index in [1.165, 1.54) is 48.2 Å². The van der Waals surface area contributed by atoms with Crippen molar-refractivity contribution in [1.29, 1.82) is 0 Å². The molecule has 0 radical (unpaired) electrons. The van der Waals surface area contributed by atoms with Crippen LogP contribution in [0.15, 0.2) is 152 Å². The van der Waals surface area contributed by atoms with Gasteiger partial charge in [-0.25, -0.2) is 0 Å². The highest BCUT2D eigenvalue weighted by molar-refractivity contribution is 7.20. The molecule has 38 heavy (non-hydrogen) atoms. The molecule has 0 bridgehead atoms. The molecule has 0 aliphatic carbocycles. The van der Waals surface area contributed by atoms with E-state index in [1.807, 2.05) is 0 Å². The smallest absolute Gasteiger partial charge is 0.0623 e. The van der Waals surface area contributed by atoms with Crippen molar-refractivity contribution in [2.24, 2.45) is 0 Å². The van der Waals surface area contributed by atoms with E-state index in [1.54, 1.807) is 0 Å². The molecule has 0 atom stereocenters. The van der Waals surface area contributed by atoms with E-state index >= 15 is 0 Å². The Morgan fingerprint density at radius 1 is 0.447 bits per heavy atom. The van der Waals surface area contributed by atoms with Crippen molar-refractivity contribution in [2.75, 3.05) is 0 Å². The summed E-state index contributed by atoms with van der Waals surface area (Å²) in [4.78, 5) is 0. The van der Waals surface area contributed by atoms with Gasteiger partial charge in [-0.15, -0.1) is 0 Å². The van der Waals surface area contributed by atoms with Crippen LogP contribution in [0.3, 0.4) is 0 Å². The molecule has 184 valence electrons. The fourth-order valence-electron chi connectivity index (χ4n) is 5.87. The molecule has 0 aliphatic heterocycles. The van der Waals surface area contributed by atoms with E-state index in [-0.39, 0.29) is 0 Å². The minimum atomic E-state index is -2.58. The first kappa shape index (κ1) is 24.2. The van der Waals surface area contributed by atoms with Gasteiger partial charge in [0.2, 0.25) is 0 Å². The summed E-state index contributed by atoms with van der Waals surface area (Å²) in [6, 6.07) is 56.4. The highest BCUT2D eigenvalue weighted by Gasteiger charge is 2.41. The molecule has 6 rings (SSSR count). The van der Waals surface area contributed by atoms with E-state index in [9.17, 15) is 0 Å². The third-order valence-electron chi connectivity index (χ3n) is 7.78. The number of hydrogen-bond donors (Lipinski definition) is 0. The summed E-state index contributed by atoms with van der Waals surface area (Å²) < 4.78 is 0. The average molecular weight is 505 g/mol. The quantitative estimate of drug-likeness (QED) is 0.169. The second kappa shape index (κ2) is 10.3. The van der Waals surface area contributed by atoms with Gasteiger partial charge >= 0.3 is 0 Å². The maximum absolute atomic E-state index is 2.58. The van der Waals surface area contributed by atoms with Crippen LogP contribution in [0, 0.1) is 0 Å². The predicted molar refractivity (Wildman–Crippen MR) is 167 cm³/mol. The molecule has 0 N–H and O–H groups in total. The zero-order chi connectivity index (χ0) is 26.0. The second-order valence-electron chi connectivity index (χ2n) is 10.4. The lowest BCUT2D eigenvalue weighted by molar-refractivity contribution is 0.869. The zero-order valence-corrected chi connectivity index (χ0v) is 23.0. The van der Waals surface area contributed by atoms with E-state index < -0.39 is 8.07 Å². The predicted octanol–water partition coefficient (Wildman–Crippen LogP) is 7.01. The maximum atomic E-state index is 2.50. The van der Waals surface area contributed by atoms with Gasteiger partial charge in [0.05, 0.1) is 0 Å². The first-order chi connectivity index (χ1) is 18.7. The maximum Gasteiger partial charge on any atom is 0.179 e. The molecule has 0 aliphatic rings. The summed E-state index contributed by atoms with van der Waals surface area (Å²) in [7, 11) is -2.58. The van der Waals surface area contributed by atoms with Crippen molar-refractivity contribution in [3.8, 4) is 11.1 Å². The first-order valence-corrected chi connectivity index (χ1v) is 15.5. The highest BCUT2D eigenvalue weighted by Crippen LogP contribution is 2.32. The minimum Gasteiger partial charge on any atom is -0.0623 e. The van der Waals surface area contributed by atoms with Gasteiger partial charge in [0.25, 0.3) is 0 Å². The lowest BCUT2D eigenvalue weighted by Crippen LogP contribution is -2.74. The van der Waals surface area contributed by atoms with Gasteiger partial charge in [-0.05, 0) is 54.1 Å². The molecule has 0 spiro atoms. The average Bonchev–Trinajstić information content (AvgIpc) is 2.99. The SMILES string of the molecule is CC(C)c1cc(-c2ccccc2)c2cc([Si](c3ccccc3)(c3ccccc3)c3ccccc3)ccc2c1. The van der Waals surface area contributed by atoms with Crippen molar-refractivity contribution in [3.05, 3.63) is 157 Å². The molecule has 0 amide bonds. The Hall–Kier alpha value is -4.20. The summed E-state index contributed by atoms with van der Waals surface area (Å²) in [6.45, 7) is 4.56. The van der Waals surface area contributed by atoms with E-state index in [0.29, 0.717) is 5.92 Å². The number of fused-ring (bicyclic) bond motifs is 1. The van der Waals surface area contributed by atoms with Gasteiger partial charge < -0.3 is 0 Å². The molecule has 1 heteroatoms. The normalized spacial score (nSPS) is 11.7. The first-order valence-electron chi connectivity index (χ1n) is 13.5. The molecule has 0 saturated heterocycles. The second-order valence-corrected chi connectivity index (χ2v) is 14.2. The van der Waals surface area contributed by atoms with Crippen LogP contribution in [0.25, 0.3) is 21.9 Å². The van der Waals surface area contributed by atoms with Crippen LogP contribution in [0.2, 0.25) is 0 Å². The minimum absolute atomic E-state index is 0.466. The van der Waals surface area contributed by atoms with Gasteiger partial charge in [0, 0.05) is 0 Å². The fourth-order valence-corrected chi connectivity index (χ4v) is 10.6. The lowest BCUT2D eigenvalue weighted by atomic mass is 9.92. The van der Waals surface area contributed by atoms with E-state index in [0.717, 1.165) is 0 Å². The summed E-state index contributed by atoms with van der Waals surface area (Å²) in [5, 5.41) is 8.22. The van der Waals surface area contributed by atoms with Gasteiger partial charge in [-0.1, -0.05) is 166 Å². The number of hydrogen-bond acceptors (Lipinski definition) is 0. The van der Waals surface area contributed by atoms with Crippen molar-refractivity contribution < 1.29 is 0 Å². The Labute approximate surface area is 227 Å². The summed E-state index contributed by atoms with van der Waals surface area (Å²) >= 11 is 0. The zero-order valence-electron chi connectivity index (χ0n) is 22.0. The summed E-state index contributed by atoms with van der Waals surface area (Å²) in [5.74, 6) is 0.466. The van der Waals surface area contributed by atoms with Crippen LogP contribution in [0.5, 0.6) is 0 Å². The van der Waals surface area contributed by atoms with Gasteiger partial charge in [-0.2, -0.15) is 0 Å². The molecule has 0 fully saturated rings. The van der Waals surface area contributed by atoms with Gasteiger partial charge in [0.15, 0.2) is 8.07 Å². The largest absolute Gasteiger partial charge is 0.179 e. The monoisotopic (exact) mass is 504 g/mol. The van der Waals surface area contributed by atoms with Crippen molar-refractivity contribution in [3.63, 3.8) is 0 Å². The fraction of sp³-hybridized carbons (Fsp3) is 0.0811. The Bertz CT molecular complexity index is 1560. The van der Waals surface area contributed by atoms with Crippen molar-refractivity contribution >= 4 is 39.6 Å². The molecular formula is C37H32Si. The van der Waals surface area contributed by atoms with E-state index in [4.69, 9.17) is 0 Å². The standard InChI is InChI=1S/C37H32Si/c1-28(2)31-25-30-23-24-35(27-37(30)36(26-31)29-15-7-3-8-16-29)38(32-17-9-4-10-18-32,33-19-11-5-12-20-33)34-21-13-6-14-22-34/h3-28H,1-2H3. The van der Waals surface area contributed by atoms with Crippen LogP contribution in [0.4, 0.5) is 0 Å². The molecule has 0 aromatic heterocycles. The number of benzene rings is 6. The molecule has 6 aromatic rings. The van der Waals surface area contributed by atoms with Crippen LogP contribution >= 0.6 is 0 Å². The summed E-state index contributed by atoms with van der Waals surface area (Å²) in [6.07, 6.45) is 0. The Kier molecular flexibility index (Phi) is 6.53. The molecule has 0 unspecified atom stereocenters. The Morgan fingerprint density at radius 2 is 0.921 bits per heavy atom. The van der Waals surface area contributed by atoms with E-state index in [2.05, 4.69) is 166 Å². The van der Waals surface area contributed by atoms with Crippen LogP contribution < -0.4 is 20.7 Å². The Balaban J connectivity index is 1.73. The Morgan fingerprint density at radius 3 is 1.39 bits per heavy atom.